The van der Waals surface area contributed by atoms with Crippen LogP contribution in [0, 0.1) is 10.1 Å². The van der Waals surface area contributed by atoms with Crippen molar-refractivity contribution in [2.24, 2.45) is 4.99 Å². The number of benzene rings is 1. The molecule has 0 amide bonds. The molecule has 136 valence electrons. The van der Waals surface area contributed by atoms with Crippen LogP contribution in [0.25, 0.3) is 0 Å². The molecule has 0 aliphatic rings. The van der Waals surface area contributed by atoms with Crippen molar-refractivity contribution in [3.05, 3.63) is 57.5 Å². The number of rotatable bonds is 6. The normalized spacial score (nSPS) is 11.1. The van der Waals surface area contributed by atoms with E-state index in [2.05, 4.69) is 34.6 Å². The van der Waals surface area contributed by atoms with Crippen LogP contribution in [0.2, 0.25) is 0 Å². The smallest absolute Gasteiger partial charge is 0.269 e. The van der Waals surface area contributed by atoms with Gasteiger partial charge in [0, 0.05) is 31.8 Å². The van der Waals surface area contributed by atoms with Gasteiger partial charge in [-0.2, -0.15) is 0 Å². The minimum Gasteiger partial charge on any atom is -0.359 e. The van der Waals surface area contributed by atoms with E-state index in [9.17, 15) is 10.1 Å². The summed E-state index contributed by atoms with van der Waals surface area (Å²) >= 11 is 0. The quantitative estimate of drug-likeness (QED) is 0.226. The second-order valence-corrected chi connectivity index (χ2v) is 5.58. The van der Waals surface area contributed by atoms with Gasteiger partial charge in [-0.25, -0.2) is 0 Å². The lowest BCUT2D eigenvalue weighted by atomic mass is 10.1. The van der Waals surface area contributed by atoms with Crippen LogP contribution in [0.15, 0.2) is 39.8 Å². The summed E-state index contributed by atoms with van der Waals surface area (Å²) in [6.45, 7) is 5.09. The van der Waals surface area contributed by atoms with Crippen molar-refractivity contribution < 1.29 is 9.45 Å². The van der Waals surface area contributed by atoms with E-state index in [0.29, 0.717) is 25.0 Å². The molecule has 25 heavy (non-hydrogen) atoms. The second-order valence-electron chi connectivity index (χ2n) is 5.58. The maximum absolute atomic E-state index is 10.6. The third-order valence-corrected chi connectivity index (χ3v) is 3.43. The van der Waals surface area contributed by atoms with Crippen LogP contribution in [-0.2, 0) is 13.1 Å². The molecule has 1 aromatic heterocycles. The number of aliphatic imine (C=N–C) groups is 1. The summed E-state index contributed by atoms with van der Waals surface area (Å²) < 4.78 is 5.26. The Morgan fingerprint density at radius 2 is 1.92 bits per heavy atom. The highest BCUT2D eigenvalue weighted by atomic mass is 127. The Balaban J connectivity index is 0.00000312. The molecule has 1 aromatic carbocycles. The van der Waals surface area contributed by atoms with Gasteiger partial charge in [-0.1, -0.05) is 31.1 Å². The second kappa shape index (κ2) is 9.97. The van der Waals surface area contributed by atoms with E-state index in [0.717, 1.165) is 17.0 Å². The zero-order valence-electron chi connectivity index (χ0n) is 14.4. The molecule has 1 heterocycles. The first-order valence-corrected chi connectivity index (χ1v) is 7.63. The number of nitrogens with one attached hydrogen (secondary N) is 2. The van der Waals surface area contributed by atoms with E-state index in [1.54, 1.807) is 19.2 Å². The van der Waals surface area contributed by atoms with Crippen LogP contribution in [0.4, 0.5) is 5.69 Å². The van der Waals surface area contributed by atoms with Crippen LogP contribution in [0.1, 0.15) is 36.8 Å². The average Bonchev–Trinajstić information content (AvgIpc) is 3.04. The lowest BCUT2D eigenvalue weighted by Gasteiger charge is -2.10. The van der Waals surface area contributed by atoms with Crippen LogP contribution in [0.3, 0.4) is 0 Å². The molecular weight excluding hydrogens is 437 g/mol. The molecule has 0 radical (unpaired) electrons. The highest BCUT2D eigenvalue weighted by Crippen LogP contribution is 2.14. The topological polar surface area (TPSA) is 106 Å². The molecule has 0 unspecified atom stereocenters. The fraction of sp³-hybridized carbons (Fsp3) is 0.375. The van der Waals surface area contributed by atoms with Crippen molar-refractivity contribution in [1.29, 1.82) is 0 Å². The first kappa shape index (κ1) is 20.9. The van der Waals surface area contributed by atoms with Crippen molar-refractivity contribution >= 4 is 35.6 Å². The number of nitro groups is 1. The first-order valence-electron chi connectivity index (χ1n) is 7.63. The van der Waals surface area contributed by atoms with E-state index < -0.39 is 4.92 Å². The highest BCUT2D eigenvalue weighted by molar-refractivity contribution is 14.0. The van der Waals surface area contributed by atoms with E-state index in [1.165, 1.54) is 12.1 Å². The van der Waals surface area contributed by atoms with Gasteiger partial charge < -0.3 is 15.2 Å². The Morgan fingerprint density at radius 3 is 2.44 bits per heavy atom. The highest BCUT2D eigenvalue weighted by Gasteiger charge is 2.08. The molecule has 8 nitrogen and oxygen atoms in total. The summed E-state index contributed by atoms with van der Waals surface area (Å²) in [6, 6.07) is 8.30. The van der Waals surface area contributed by atoms with Crippen LogP contribution >= 0.6 is 24.0 Å². The predicted molar refractivity (Wildman–Crippen MR) is 106 cm³/mol. The molecule has 0 atom stereocenters. The van der Waals surface area contributed by atoms with Gasteiger partial charge in [0.2, 0.25) is 0 Å². The predicted octanol–water partition coefficient (Wildman–Crippen LogP) is 3.19. The third kappa shape index (κ3) is 6.33. The van der Waals surface area contributed by atoms with Gasteiger partial charge in [-0.15, -0.1) is 24.0 Å². The number of guanidine groups is 1. The molecule has 0 aliphatic carbocycles. The number of hydrogen-bond donors (Lipinski definition) is 2. The summed E-state index contributed by atoms with van der Waals surface area (Å²) in [7, 11) is 1.67. The van der Waals surface area contributed by atoms with E-state index in [4.69, 9.17) is 4.52 Å². The Morgan fingerprint density at radius 1 is 1.28 bits per heavy atom. The van der Waals surface area contributed by atoms with Crippen LogP contribution in [-0.4, -0.2) is 23.1 Å². The molecule has 0 bridgehead atoms. The van der Waals surface area contributed by atoms with Gasteiger partial charge >= 0.3 is 0 Å². The van der Waals surface area contributed by atoms with Crippen molar-refractivity contribution in [1.82, 2.24) is 15.8 Å². The average molecular weight is 459 g/mol. The fourth-order valence-corrected chi connectivity index (χ4v) is 2.00. The van der Waals surface area contributed by atoms with Crippen molar-refractivity contribution in [2.45, 2.75) is 32.9 Å². The van der Waals surface area contributed by atoms with E-state index in [1.807, 2.05) is 6.07 Å². The van der Waals surface area contributed by atoms with Crippen molar-refractivity contribution in [3.8, 4) is 0 Å². The Hall–Kier alpha value is -2.17. The number of non-ortho nitro benzene ring substituents is 1. The monoisotopic (exact) mass is 459 g/mol. The molecule has 9 heteroatoms. The number of nitro benzene ring substituents is 1. The largest absolute Gasteiger partial charge is 0.359 e. The van der Waals surface area contributed by atoms with Gasteiger partial charge in [0.25, 0.3) is 5.69 Å². The maximum Gasteiger partial charge on any atom is 0.269 e. The molecule has 0 saturated carbocycles. The molecule has 0 aliphatic heterocycles. The Kier molecular flexibility index (Phi) is 8.32. The molecule has 0 spiro atoms. The van der Waals surface area contributed by atoms with Crippen LogP contribution < -0.4 is 10.6 Å². The third-order valence-electron chi connectivity index (χ3n) is 3.43. The summed E-state index contributed by atoms with van der Waals surface area (Å²) in [4.78, 5) is 14.3. The van der Waals surface area contributed by atoms with E-state index >= 15 is 0 Å². The first-order chi connectivity index (χ1) is 11.5. The minimum absolute atomic E-state index is 0. The summed E-state index contributed by atoms with van der Waals surface area (Å²) in [5.74, 6) is 1.66. The van der Waals surface area contributed by atoms with Gasteiger partial charge in [0.05, 0.1) is 17.2 Å². The van der Waals surface area contributed by atoms with Gasteiger partial charge in [0.15, 0.2) is 11.7 Å². The van der Waals surface area contributed by atoms with Crippen molar-refractivity contribution in [2.75, 3.05) is 7.05 Å². The lowest BCUT2D eigenvalue weighted by molar-refractivity contribution is -0.384. The SMILES string of the molecule is CN=C(NCc1ccc([N+](=O)[O-])cc1)NCc1cc(C(C)C)no1.I. The number of nitrogens with zero attached hydrogens (tertiary/aromatic N) is 3. The van der Waals surface area contributed by atoms with Gasteiger partial charge in [0.1, 0.15) is 0 Å². The summed E-state index contributed by atoms with van der Waals surface area (Å²) in [6.07, 6.45) is 0. The fourth-order valence-electron chi connectivity index (χ4n) is 2.00. The maximum atomic E-state index is 10.6. The van der Waals surface area contributed by atoms with Gasteiger partial charge in [-0.05, 0) is 11.5 Å². The molecule has 2 aromatic rings. The number of halogens is 1. The Bertz CT molecular complexity index is 713. The molecule has 2 rings (SSSR count). The van der Waals surface area contributed by atoms with Crippen LogP contribution in [0.5, 0.6) is 0 Å². The standard InChI is InChI=1S/C16H21N5O3.HI/c1-11(2)15-8-14(24-20-15)10-19-16(17-3)18-9-12-4-6-13(7-5-12)21(22)23;/h4-8,11H,9-10H2,1-3H3,(H2,17,18,19);1H. The molecule has 0 fully saturated rings. The molecule has 0 saturated heterocycles. The zero-order chi connectivity index (χ0) is 17.5. The zero-order valence-corrected chi connectivity index (χ0v) is 16.7. The lowest BCUT2D eigenvalue weighted by Crippen LogP contribution is -2.36. The summed E-state index contributed by atoms with van der Waals surface area (Å²) in [5.41, 5.74) is 1.92. The minimum atomic E-state index is -0.416. The Labute approximate surface area is 163 Å². The molecular formula is C16H22IN5O3. The number of hydrogen-bond acceptors (Lipinski definition) is 5. The molecule has 2 N–H and O–H groups in total. The summed E-state index contributed by atoms with van der Waals surface area (Å²) in [5, 5.41) is 20.9. The van der Waals surface area contributed by atoms with Gasteiger partial charge in [-0.3, -0.25) is 15.1 Å². The van der Waals surface area contributed by atoms with Crippen molar-refractivity contribution in [3.63, 3.8) is 0 Å². The van der Waals surface area contributed by atoms with E-state index in [-0.39, 0.29) is 29.7 Å². The number of aromatic nitrogens is 1.